The van der Waals surface area contributed by atoms with Gasteiger partial charge in [0.2, 0.25) is 0 Å². The molecule has 0 bridgehead atoms. The summed E-state index contributed by atoms with van der Waals surface area (Å²) < 4.78 is 29.8. The third-order valence-corrected chi connectivity index (χ3v) is 3.54. The minimum atomic E-state index is -4.78. The summed E-state index contributed by atoms with van der Waals surface area (Å²) >= 11 is 0. The second-order valence-electron chi connectivity index (χ2n) is 3.48. The van der Waals surface area contributed by atoms with Crippen LogP contribution in [0.25, 0.3) is 0 Å². The second kappa shape index (κ2) is 8.61. The van der Waals surface area contributed by atoms with Crippen molar-refractivity contribution in [2.75, 3.05) is 33.0 Å². The van der Waals surface area contributed by atoms with Crippen molar-refractivity contribution >= 4 is 22.8 Å². The van der Waals surface area contributed by atoms with Crippen molar-refractivity contribution in [3.05, 3.63) is 0 Å². The summed E-state index contributed by atoms with van der Waals surface area (Å²) in [7, 11) is -11.4. The van der Waals surface area contributed by atoms with Gasteiger partial charge in [-0.3, -0.25) is 4.90 Å². The van der Waals surface area contributed by atoms with Gasteiger partial charge in [0.1, 0.15) is 0 Å². The molecule has 14 heteroatoms. The van der Waals surface area contributed by atoms with Crippen LogP contribution in [0.15, 0.2) is 0 Å². The SMILES string of the molecule is CN(CP(=O)([O-])[O-])CP(=O)([O-])[O-].CNCP(=O)([O-])[O-]. The quantitative estimate of drug-likeness (QED) is 0.452. The van der Waals surface area contributed by atoms with Crippen molar-refractivity contribution in [2.45, 2.75) is 0 Å². The van der Waals surface area contributed by atoms with Crippen molar-refractivity contribution < 1.29 is 43.1 Å². The van der Waals surface area contributed by atoms with Gasteiger partial charge in [-0.05, 0) is 14.1 Å². The van der Waals surface area contributed by atoms with Crippen molar-refractivity contribution in [3.8, 4) is 0 Å². The molecule has 0 amide bonds. The van der Waals surface area contributed by atoms with Crippen molar-refractivity contribution in [1.82, 2.24) is 10.2 Å². The van der Waals surface area contributed by atoms with Crippen LogP contribution in [0.1, 0.15) is 0 Å². The smallest absolute Gasteiger partial charge is 0.0261 e. The van der Waals surface area contributed by atoms with Gasteiger partial charge in [0, 0.05) is 18.9 Å². The molecule has 0 aromatic carbocycles. The predicted molar refractivity (Wildman–Crippen MR) is 54.2 cm³/mol. The molecule has 0 aliphatic heterocycles. The fourth-order valence-corrected chi connectivity index (χ4v) is 2.76. The minimum Gasteiger partial charge on any atom is -0.810 e. The number of nitrogens with one attached hydrogen (secondary N) is 1. The Labute approximate surface area is 110 Å². The Morgan fingerprint density at radius 2 is 1.16 bits per heavy atom. The Morgan fingerprint density at radius 1 is 0.842 bits per heavy atom. The van der Waals surface area contributed by atoms with E-state index in [2.05, 4.69) is 5.32 Å². The number of hydrogen-bond acceptors (Lipinski definition) is 11. The maximum Gasteiger partial charge on any atom is 0.0261 e. The molecule has 0 spiro atoms. The van der Waals surface area contributed by atoms with Gasteiger partial charge < -0.3 is 48.4 Å². The lowest BCUT2D eigenvalue weighted by atomic mass is 11.0. The third kappa shape index (κ3) is 23.8. The van der Waals surface area contributed by atoms with E-state index in [1.165, 1.54) is 7.05 Å². The van der Waals surface area contributed by atoms with Crippen molar-refractivity contribution in [1.29, 1.82) is 0 Å². The van der Waals surface area contributed by atoms with Crippen LogP contribution in [0.2, 0.25) is 0 Å². The molecule has 0 rings (SSSR count). The molecular weight excluding hydrogens is 325 g/mol. The molecule has 0 atom stereocenters. The van der Waals surface area contributed by atoms with Crippen molar-refractivity contribution in [3.63, 3.8) is 0 Å². The van der Waals surface area contributed by atoms with Gasteiger partial charge in [0.25, 0.3) is 0 Å². The topological polar surface area (TPSA) is 205 Å². The minimum absolute atomic E-state index is 0.465. The van der Waals surface area contributed by atoms with Gasteiger partial charge in [0.05, 0.1) is 0 Å². The molecule has 0 saturated heterocycles. The molecule has 19 heavy (non-hydrogen) atoms. The van der Waals surface area contributed by atoms with Crippen LogP contribution in [0.5, 0.6) is 0 Å². The lowest BCUT2D eigenvalue weighted by molar-refractivity contribution is -0.318. The van der Waals surface area contributed by atoms with E-state index < -0.39 is 41.6 Å². The second-order valence-corrected chi connectivity index (χ2v) is 8.03. The normalized spacial score (nSPS) is 13.1. The zero-order chi connectivity index (χ0) is 15.9. The summed E-state index contributed by atoms with van der Waals surface area (Å²) in [5.41, 5.74) is 0. The van der Waals surface area contributed by atoms with Gasteiger partial charge in [-0.25, -0.2) is 0 Å². The average Bonchev–Trinajstić information content (AvgIpc) is 1.92. The monoisotopic (exact) mass is 338 g/mol. The summed E-state index contributed by atoms with van der Waals surface area (Å²) in [5.74, 6) is 0. The highest BCUT2D eigenvalue weighted by molar-refractivity contribution is 7.49. The first-order valence-corrected chi connectivity index (χ1v) is 9.71. The largest absolute Gasteiger partial charge is 0.810 e. The Bertz CT molecular complexity index is 359. The average molecular weight is 338 g/mol. The van der Waals surface area contributed by atoms with Crippen LogP contribution in [-0.2, 0) is 13.7 Å². The first-order chi connectivity index (χ1) is 8.16. The molecule has 1 N–H and O–H groups in total. The lowest BCUT2D eigenvalue weighted by Crippen LogP contribution is -2.33. The highest BCUT2D eigenvalue weighted by Crippen LogP contribution is 2.29. The predicted octanol–water partition coefficient (Wildman–Crippen LogP) is -5.26. The van der Waals surface area contributed by atoms with E-state index in [1.807, 2.05) is 0 Å². The summed E-state index contributed by atoms with van der Waals surface area (Å²) in [6, 6.07) is 0. The Kier molecular flexibility index (Phi) is 9.82. The summed E-state index contributed by atoms with van der Waals surface area (Å²) in [4.78, 5) is 60.2. The number of hydrogen-bond donors (Lipinski definition) is 1. The molecule has 118 valence electrons. The van der Waals surface area contributed by atoms with E-state index in [0.29, 0.717) is 4.90 Å². The molecule has 0 aliphatic rings. The first kappa shape index (κ1) is 21.7. The fraction of sp³-hybridized carbons (Fsp3) is 1.00. The van der Waals surface area contributed by atoms with E-state index in [4.69, 9.17) is 0 Å². The van der Waals surface area contributed by atoms with E-state index in [-0.39, 0.29) is 0 Å². The fourth-order valence-electron chi connectivity index (χ4n) is 0.830. The highest BCUT2D eigenvalue weighted by Gasteiger charge is 2.01. The molecule has 0 aromatic rings. The zero-order valence-electron chi connectivity index (χ0n) is 10.1. The molecule has 11 nitrogen and oxygen atoms in total. The Hall–Kier alpha value is 0.370. The van der Waals surface area contributed by atoms with Gasteiger partial charge >= 0.3 is 0 Å². The van der Waals surface area contributed by atoms with Crippen LogP contribution in [0, 0.1) is 0 Å². The van der Waals surface area contributed by atoms with E-state index in [9.17, 15) is 43.1 Å². The van der Waals surface area contributed by atoms with Crippen LogP contribution in [0.4, 0.5) is 0 Å². The summed E-state index contributed by atoms with van der Waals surface area (Å²) in [6.07, 6.45) is -2.38. The van der Waals surface area contributed by atoms with E-state index >= 15 is 0 Å². The highest BCUT2D eigenvalue weighted by atomic mass is 31.2. The standard InChI is InChI=1S/C3H11NO6P2.C2H8NO3P/c1-4(2-11(5,6)7)3-12(8,9)10;1-3-2-7(4,5)6/h2-3H2,1H3,(H2,5,6,7)(H2,8,9,10);3H,2H2,1H3,(H2,4,5,6)/p-6. The van der Waals surface area contributed by atoms with Crippen LogP contribution < -0.4 is 34.7 Å². The first-order valence-electron chi connectivity index (χ1n) is 4.53. The molecule has 0 fully saturated rings. The molecule has 0 saturated carbocycles. The van der Waals surface area contributed by atoms with Gasteiger partial charge in [-0.15, -0.1) is 0 Å². The molecule has 0 heterocycles. The molecule has 0 radical (unpaired) electrons. The third-order valence-electron chi connectivity index (χ3n) is 1.18. The van der Waals surface area contributed by atoms with E-state index in [1.54, 1.807) is 0 Å². The van der Waals surface area contributed by atoms with Crippen molar-refractivity contribution in [2.24, 2.45) is 0 Å². The Morgan fingerprint density at radius 3 is 1.26 bits per heavy atom. The van der Waals surface area contributed by atoms with Gasteiger partial charge in [-0.1, -0.05) is 22.8 Å². The van der Waals surface area contributed by atoms with Crippen LogP contribution in [-0.4, -0.2) is 37.9 Å². The van der Waals surface area contributed by atoms with Gasteiger partial charge in [0.15, 0.2) is 0 Å². The maximum atomic E-state index is 10.1. The zero-order valence-corrected chi connectivity index (χ0v) is 12.8. The molecule has 0 unspecified atom stereocenters. The lowest BCUT2D eigenvalue weighted by Gasteiger charge is -2.39. The summed E-state index contributed by atoms with van der Waals surface area (Å²) in [6.45, 7) is 0. The summed E-state index contributed by atoms with van der Waals surface area (Å²) in [5, 5.41) is 2.22. The Balaban J connectivity index is 0. The maximum absolute atomic E-state index is 10.1. The molecule has 0 aromatic heterocycles. The number of rotatable bonds is 6. The van der Waals surface area contributed by atoms with E-state index in [0.717, 1.165) is 7.05 Å². The van der Waals surface area contributed by atoms with Gasteiger partial charge in [-0.2, -0.15) is 0 Å². The molecule has 0 aliphatic carbocycles. The number of nitrogens with zero attached hydrogens (tertiary/aromatic N) is 1. The van der Waals surface area contributed by atoms with Crippen LogP contribution in [0.3, 0.4) is 0 Å². The molecular formula is C5H13N2O9P3-6. The van der Waals surface area contributed by atoms with Crippen LogP contribution >= 0.6 is 22.8 Å².